The highest BCUT2D eigenvalue weighted by Crippen LogP contribution is 2.26. The average Bonchev–Trinajstić information content (AvgIpc) is 2.79. The summed E-state index contributed by atoms with van der Waals surface area (Å²) >= 11 is 0. The Labute approximate surface area is 114 Å². The molecule has 1 aliphatic rings. The molecule has 2 atom stereocenters. The number of benzene rings is 1. The van der Waals surface area contributed by atoms with Crippen molar-refractivity contribution in [3.63, 3.8) is 0 Å². The van der Waals surface area contributed by atoms with E-state index in [0.717, 1.165) is 31.7 Å². The molecule has 0 amide bonds. The van der Waals surface area contributed by atoms with Crippen LogP contribution in [0.25, 0.3) is 0 Å². The molecule has 1 aromatic rings. The van der Waals surface area contributed by atoms with Gasteiger partial charge in [-0.15, -0.1) is 0 Å². The lowest BCUT2D eigenvalue weighted by atomic mass is 10.0. The topological polar surface area (TPSA) is 50.7 Å². The summed E-state index contributed by atoms with van der Waals surface area (Å²) < 4.78 is 10.9. The molecule has 0 spiro atoms. The van der Waals surface area contributed by atoms with Crippen LogP contribution in [0, 0.1) is 5.92 Å². The molecular weight excluding hydrogens is 242 g/mol. The van der Waals surface area contributed by atoms with Crippen molar-refractivity contribution in [2.75, 3.05) is 19.8 Å². The van der Waals surface area contributed by atoms with Gasteiger partial charge < -0.3 is 19.9 Å². The molecule has 4 nitrogen and oxygen atoms in total. The fraction of sp³-hybridized carbons (Fsp3) is 0.600. The van der Waals surface area contributed by atoms with Gasteiger partial charge in [-0.2, -0.15) is 0 Å². The Morgan fingerprint density at radius 1 is 1.47 bits per heavy atom. The molecule has 0 radical (unpaired) electrons. The molecule has 1 fully saturated rings. The number of nitrogens with one attached hydrogen (secondary N) is 1. The largest absolute Gasteiger partial charge is 0.504 e. The molecule has 19 heavy (non-hydrogen) atoms. The first-order valence-electron chi connectivity index (χ1n) is 6.97. The van der Waals surface area contributed by atoms with Gasteiger partial charge in [0, 0.05) is 19.7 Å². The quantitative estimate of drug-likeness (QED) is 0.828. The van der Waals surface area contributed by atoms with E-state index in [1.807, 2.05) is 19.1 Å². The van der Waals surface area contributed by atoms with Crippen LogP contribution < -0.4 is 10.1 Å². The summed E-state index contributed by atoms with van der Waals surface area (Å²) in [4.78, 5) is 0. The van der Waals surface area contributed by atoms with E-state index in [1.54, 1.807) is 6.07 Å². The van der Waals surface area contributed by atoms with E-state index in [1.165, 1.54) is 0 Å². The molecule has 1 aromatic carbocycles. The van der Waals surface area contributed by atoms with Crippen LogP contribution in [0.15, 0.2) is 18.2 Å². The number of ether oxygens (including phenoxy) is 2. The second-order valence-corrected chi connectivity index (χ2v) is 4.99. The lowest BCUT2D eigenvalue weighted by molar-refractivity contribution is 0.105. The monoisotopic (exact) mass is 265 g/mol. The summed E-state index contributed by atoms with van der Waals surface area (Å²) in [7, 11) is 0. The molecule has 0 aliphatic carbocycles. The van der Waals surface area contributed by atoms with E-state index in [9.17, 15) is 5.11 Å². The third kappa shape index (κ3) is 3.85. The van der Waals surface area contributed by atoms with Crippen molar-refractivity contribution in [3.05, 3.63) is 23.8 Å². The van der Waals surface area contributed by atoms with Crippen LogP contribution in [0.5, 0.6) is 11.5 Å². The van der Waals surface area contributed by atoms with E-state index in [2.05, 4.69) is 12.2 Å². The predicted octanol–water partition coefficient (Wildman–Crippen LogP) is 2.31. The molecule has 106 valence electrons. The van der Waals surface area contributed by atoms with Crippen LogP contribution in [-0.2, 0) is 11.3 Å². The highest BCUT2D eigenvalue weighted by molar-refractivity contribution is 5.41. The van der Waals surface area contributed by atoms with Crippen molar-refractivity contribution in [1.82, 2.24) is 5.32 Å². The number of phenols is 1. The van der Waals surface area contributed by atoms with Crippen molar-refractivity contribution in [2.45, 2.75) is 32.9 Å². The zero-order valence-electron chi connectivity index (χ0n) is 11.7. The maximum atomic E-state index is 9.64. The van der Waals surface area contributed by atoms with Gasteiger partial charge in [0.25, 0.3) is 0 Å². The van der Waals surface area contributed by atoms with Crippen molar-refractivity contribution in [3.8, 4) is 11.5 Å². The van der Waals surface area contributed by atoms with E-state index >= 15 is 0 Å². The molecular formula is C15H23NO3. The summed E-state index contributed by atoms with van der Waals surface area (Å²) in [5, 5.41) is 13.1. The van der Waals surface area contributed by atoms with Gasteiger partial charge in [0.1, 0.15) is 0 Å². The lowest BCUT2D eigenvalue weighted by Gasteiger charge is -2.15. The summed E-state index contributed by atoms with van der Waals surface area (Å²) in [5.74, 6) is 1.35. The van der Waals surface area contributed by atoms with Gasteiger partial charge in [0.05, 0.1) is 12.7 Å². The first-order chi connectivity index (χ1) is 9.20. The highest BCUT2D eigenvalue weighted by atomic mass is 16.5. The van der Waals surface area contributed by atoms with Crippen LogP contribution in [0.4, 0.5) is 0 Å². The minimum atomic E-state index is 0.198. The molecule has 0 bridgehead atoms. The maximum Gasteiger partial charge on any atom is 0.161 e. The zero-order valence-corrected chi connectivity index (χ0v) is 11.7. The van der Waals surface area contributed by atoms with Gasteiger partial charge >= 0.3 is 0 Å². The van der Waals surface area contributed by atoms with Gasteiger partial charge in [0.2, 0.25) is 0 Å². The summed E-state index contributed by atoms with van der Waals surface area (Å²) in [5.41, 5.74) is 1.12. The van der Waals surface area contributed by atoms with E-state index in [4.69, 9.17) is 9.47 Å². The smallest absolute Gasteiger partial charge is 0.161 e. The van der Waals surface area contributed by atoms with Gasteiger partial charge in [-0.1, -0.05) is 6.07 Å². The van der Waals surface area contributed by atoms with Crippen molar-refractivity contribution >= 4 is 0 Å². The fourth-order valence-electron chi connectivity index (χ4n) is 2.39. The Hall–Kier alpha value is -1.26. The maximum absolute atomic E-state index is 9.64. The van der Waals surface area contributed by atoms with Crippen LogP contribution >= 0.6 is 0 Å². The number of hydrogen-bond donors (Lipinski definition) is 2. The summed E-state index contributed by atoms with van der Waals surface area (Å²) in [6.45, 7) is 7.22. The fourth-order valence-corrected chi connectivity index (χ4v) is 2.39. The Bertz CT molecular complexity index is 408. The minimum Gasteiger partial charge on any atom is -0.504 e. The second-order valence-electron chi connectivity index (χ2n) is 4.99. The van der Waals surface area contributed by atoms with Gasteiger partial charge in [-0.25, -0.2) is 0 Å². The molecule has 0 saturated carbocycles. The number of rotatable bonds is 6. The van der Waals surface area contributed by atoms with Crippen LogP contribution in [0.1, 0.15) is 25.8 Å². The molecule has 1 heterocycles. The number of aromatic hydroxyl groups is 1. The summed E-state index contributed by atoms with van der Waals surface area (Å²) in [6, 6.07) is 5.49. The third-order valence-corrected chi connectivity index (χ3v) is 3.59. The SMILES string of the molecule is CCOc1cc(CNCC2CCOC2C)ccc1O. The van der Waals surface area contributed by atoms with Gasteiger partial charge in [-0.3, -0.25) is 0 Å². The van der Waals surface area contributed by atoms with Crippen molar-refractivity contribution in [1.29, 1.82) is 0 Å². The van der Waals surface area contributed by atoms with E-state index < -0.39 is 0 Å². The molecule has 0 aromatic heterocycles. The number of hydrogen-bond acceptors (Lipinski definition) is 4. The standard InChI is InChI=1S/C15H23NO3/c1-3-18-15-8-12(4-5-14(15)17)9-16-10-13-6-7-19-11(13)2/h4-5,8,11,13,16-17H,3,6-7,9-10H2,1-2H3. The Morgan fingerprint density at radius 3 is 3.00 bits per heavy atom. The zero-order chi connectivity index (χ0) is 13.7. The van der Waals surface area contributed by atoms with Crippen LogP contribution in [0.3, 0.4) is 0 Å². The molecule has 2 rings (SSSR count). The van der Waals surface area contributed by atoms with Gasteiger partial charge in [-0.05, 0) is 43.9 Å². The Balaban J connectivity index is 1.83. The minimum absolute atomic E-state index is 0.198. The predicted molar refractivity (Wildman–Crippen MR) is 74.5 cm³/mol. The van der Waals surface area contributed by atoms with Crippen LogP contribution in [0.2, 0.25) is 0 Å². The molecule has 1 saturated heterocycles. The first kappa shape index (κ1) is 14.2. The molecule has 2 unspecified atom stereocenters. The van der Waals surface area contributed by atoms with Gasteiger partial charge in [0.15, 0.2) is 11.5 Å². The second kappa shape index (κ2) is 6.78. The average molecular weight is 265 g/mol. The molecule has 1 aliphatic heterocycles. The Morgan fingerprint density at radius 2 is 2.32 bits per heavy atom. The molecule has 4 heteroatoms. The third-order valence-electron chi connectivity index (χ3n) is 3.59. The summed E-state index contributed by atoms with van der Waals surface area (Å²) in [6.07, 6.45) is 1.49. The lowest BCUT2D eigenvalue weighted by Crippen LogP contribution is -2.26. The number of phenolic OH excluding ortho intramolecular Hbond substituents is 1. The van der Waals surface area contributed by atoms with E-state index in [-0.39, 0.29) is 5.75 Å². The van der Waals surface area contributed by atoms with E-state index in [0.29, 0.717) is 24.4 Å². The first-order valence-corrected chi connectivity index (χ1v) is 6.97. The van der Waals surface area contributed by atoms with Crippen LogP contribution in [-0.4, -0.2) is 31.0 Å². The van der Waals surface area contributed by atoms with Crippen molar-refractivity contribution in [2.24, 2.45) is 5.92 Å². The highest BCUT2D eigenvalue weighted by Gasteiger charge is 2.23. The van der Waals surface area contributed by atoms with Crippen molar-refractivity contribution < 1.29 is 14.6 Å². The molecule has 2 N–H and O–H groups in total. The normalized spacial score (nSPS) is 22.6. The Kier molecular flexibility index (Phi) is 5.05.